The molecule has 3 aromatic rings. The summed E-state index contributed by atoms with van der Waals surface area (Å²) in [6, 6.07) is 14.2. The van der Waals surface area contributed by atoms with E-state index >= 15 is 0 Å². The highest BCUT2D eigenvalue weighted by molar-refractivity contribution is 6.04. The van der Waals surface area contributed by atoms with Gasteiger partial charge in [-0.2, -0.15) is 5.26 Å². The first kappa shape index (κ1) is 16.4. The molecule has 8 nitrogen and oxygen atoms in total. The Morgan fingerprint density at radius 2 is 1.85 bits per heavy atom. The van der Waals surface area contributed by atoms with Crippen LogP contribution >= 0.6 is 0 Å². The van der Waals surface area contributed by atoms with Crippen LogP contribution in [-0.4, -0.2) is 22.7 Å². The number of hydrogen-bond donors (Lipinski definition) is 2. The maximum Gasteiger partial charge on any atom is 0.258 e. The van der Waals surface area contributed by atoms with Crippen LogP contribution in [0.3, 0.4) is 0 Å². The molecule has 0 aliphatic carbocycles. The molecule has 1 amide bonds. The standard InChI is InChI=1S/C19H13N5O3/c20-8-12-3-1-2-4-15(12)24-18(25)13-9-21-19(22-10-13)23-14-5-6-16-17(7-14)27-11-26-16/h1-7,9-10H,11H2,(H,24,25)(H,21,22,23). The summed E-state index contributed by atoms with van der Waals surface area (Å²) in [6.45, 7) is 0.202. The zero-order valence-corrected chi connectivity index (χ0v) is 14.0. The van der Waals surface area contributed by atoms with Gasteiger partial charge in [0.25, 0.3) is 5.91 Å². The Balaban J connectivity index is 1.45. The van der Waals surface area contributed by atoms with Gasteiger partial charge in [-0.15, -0.1) is 0 Å². The molecular weight excluding hydrogens is 346 g/mol. The lowest BCUT2D eigenvalue weighted by Crippen LogP contribution is -2.14. The van der Waals surface area contributed by atoms with Crippen LogP contribution in [-0.2, 0) is 0 Å². The van der Waals surface area contributed by atoms with Gasteiger partial charge >= 0.3 is 0 Å². The predicted molar refractivity (Wildman–Crippen MR) is 97.0 cm³/mol. The average Bonchev–Trinajstić information content (AvgIpc) is 3.17. The van der Waals surface area contributed by atoms with E-state index < -0.39 is 5.91 Å². The largest absolute Gasteiger partial charge is 0.454 e. The minimum absolute atomic E-state index is 0.202. The molecule has 2 N–H and O–H groups in total. The van der Waals surface area contributed by atoms with Crippen molar-refractivity contribution >= 4 is 23.2 Å². The first-order valence-electron chi connectivity index (χ1n) is 8.02. The van der Waals surface area contributed by atoms with Gasteiger partial charge in [0.1, 0.15) is 6.07 Å². The fraction of sp³-hybridized carbons (Fsp3) is 0.0526. The van der Waals surface area contributed by atoms with Gasteiger partial charge in [-0.1, -0.05) is 12.1 Å². The maximum atomic E-state index is 12.3. The third kappa shape index (κ3) is 3.48. The van der Waals surface area contributed by atoms with Gasteiger partial charge < -0.3 is 20.1 Å². The van der Waals surface area contributed by atoms with Crippen molar-refractivity contribution in [3.8, 4) is 17.6 Å². The molecule has 0 fully saturated rings. The summed E-state index contributed by atoms with van der Waals surface area (Å²) in [5, 5.41) is 14.8. The monoisotopic (exact) mass is 359 g/mol. The summed E-state index contributed by atoms with van der Waals surface area (Å²) in [4.78, 5) is 20.6. The summed E-state index contributed by atoms with van der Waals surface area (Å²) in [5.74, 6) is 1.27. The van der Waals surface area contributed by atoms with Crippen molar-refractivity contribution in [3.05, 3.63) is 66.0 Å². The summed E-state index contributed by atoms with van der Waals surface area (Å²) in [6.07, 6.45) is 2.82. The Labute approximate surface area is 154 Å². The van der Waals surface area contributed by atoms with Gasteiger partial charge in [0.2, 0.25) is 12.7 Å². The lowest BCUT2D eigenvalue weighted by molar-refractivity contribution is 0.102. The van der Waals surface area contributed by atoms with Crippen molar-refractivity contribution in [1.82, 2.24) is 9.97 Å². The third-order valence-electron chi connectivity index (χ3n) is 3.84. The minimum atomic E-state index is -0.396. The summed E-state index contributed by atoms with van der Waals surface area (Å²) in [5.41, 5.74) is 1.83. The maximum absolute atomic E-state index is 12.3. The van der Waals surface area contributed by atoms with Crippen LogP contribution < -0.4 is 20.1 Å². The third-order valence-corrected chi connectivity index (χ3v) is 3.84. The first-order valence-corrected chi connectivity index (χ1v) is 8.02. The van der Waals surface area contributed by atoms with Crippen LogP contribution in [0.15, 0.2) is 54.9 Å². The van der Waals surface area contributed by atoms with Crippen LogP contribution in [0.1, 0.15) is 15.9 Å². The van der Waals surface area contributed by atoms with E-state index in [4.69, 9.17) is 14.7 Å². The van der Waals surface area contributed by atoms with Crippen molar-refractivity contribution < 1.29 is 14.3 Å². The lowest BCUT2D eigenvalue weighted by atomic mass is 10.2. The average molecular weight is 359 g/mol. The van der Waals surface area contributed by atoms with Gasteiger partial charge in [-0.25, -0.2) is 9.97 Å². The normalized spacial score (nSPS) is 11.5. The van der Waals surface area contributed by atoms with Gasteiger partial charge in [0.05, 0.1) is 16.8 Å². The van der Waals surface area contributed by atoms with E-state index in [0.29, 0.717) is 28.7 Å². The minimum Gasteiger partial charge on any atom is -0.454 e. The van der Waals surface area contributed by atoms with Crippen LogP contribution in [0.5, 0.6) is 11.5 Å². The second-order valence-corrected chi connectivity index (χ2v) is 5.60. The van der Waals surface area contributed by atoms with E-state index in [2.05, 4.69) is 20.6 Å². The molecule has 8 heteroatoms. The van der Waals surface area contributed by atoms with Crippen LogP contribution in [0.25, 0.3) is 0 Å². The molecule has 0 unspecified atom stereocenters. The molecule has 1 aliphatic rings. The Bertz CT molecular complexity index is 1040. The van der Waals surface area contributed by atoms with Gasteiger partial charge in [-0.05, 0) is 24.3 Å². The van der Waals surface area contributed by atoms with Crippen molar-refractivity contribution in [2.45, 2.75) is 0 Å². The van der Waals surface area contributed by atoms with E-state index in [1.165, 1.54) is 12.4 Å². The van der Waals surface area contributed by atoms with E-state index in [1.54, 1.807) is 36.4 Å². The number of ether oxygens (including phenoxy) is 2. The van der Waals surface area contributed by atoms with E-state index in [1.807, 2.05) is 12.1 Å². The molecule has 2 heterocycles. The molecule has 0 spiro atoms. The number of anilines is 3. The number of carbonyl (C=O) groups excluding carboxylic acids is 1. The molecule has 2 aromatic carbocycles. The number of fused-ring (bicyclic) bond motifs is 1. The Kier molecular flexibility index (Phi) is 4.25. The van der Waals surface area contributed by atoms with E-state index in [9.17, 15) is 4.79 Å². The molecule has 0 atom stereocenters. The molecule has 1 aromatic heterocycles. The molecule has 4 rings (SSSR count). The topological polar surface area (TPSA) is 109 Å². The van der Waals surface area contributed by atoms with Crippen LogP contribution in [0, 0.1) is 11.3 Å². The predicted octanol–water partition coefficient (Wildman–Crippen LogP) is 3.07. The SMILES string of the molecule is N#Cc1ccccc1NC(=O)c1cnc(Nc2ccc3c(c2)OCO3)nc1. The molecule has 0 saturated carbocycles. The molecule has 27 heavy (non-hydrogen) atoms. The Morgan fingerprint density at radius 3 is 2.67 bits per heavy atom. The molecular formula is C19H13N5O3. The fourth-order valence-corrected chi connectivity index (χ4v) is 2.50. The molecule has 0 radical (unpaired) electrons. The highest BCUT2D eigenvalue weighted by atomic mass is 16.7. The molecule has 0 bridgehead atoms. The highest BCUT2D eigenvalue weighted by Crippen LogP contribution is 2.34. The van der Waals surface area contributed by atoms with Crippen molar-refractivity contribution in [2.24, 2.45) is 0 Å². The highest BCUT2D eigenvalue weighted by Gasteiger charge is 2.14. The summed E-state index contributed by atoms with van der Waals surface area (Å²) in [7, 11) is 0. The van der Waals surface area contributed by atoms with Gasteiger partial charge in [-0.3, -0.25) is 4.79 Å². The summed E-state index contributed by atoms with van der Waals surface area (Å²) >= 11 is 0. The number of benzene rings is 2. The van der Waals surface area contributed by atoms with Crippen LogP contribution in [0.2, 0.25) is 0 Å². The number of carbonyl (C=O) groups is 1. The Hall–Kier alpha value is -4.12. The number of hydrogen-bond acceptors (Lipinski definition) is 7. The van der Waals surface area contributed by atoms with E-state index in [0.717, 1.165) is 5.69 Å². The van der Waals surface area contributed by atoms with E-state index in [-0.39, 0.29) is 12.4 Å². The summed E-state index contributed by atoms with van der Waals surface area (Å²) < 4.78 is 10.6. The Morgan fingerprint density at radius 1 is 1.07 bits per heavy atom. The van der Waals surface area contributed by atoms with Crippen molar-refractivity contribution in [3.63, 3.8) is 0 Å². The van der Waals surface area contributed by atoms with Crippen molar-refractivity contribution in [2.75, 3.05) is 17.4 Å². The second-order valence-electron chi connectivity index (χ2n) is 5.60. The van der Waals surface area contributed by atoms with Crippen LogP contribution in [0.4, 0.5) is 17.3 Å². The van der Waals surface area contributed by atoms with Gasteiger partial charge in [0, 0.05) is 24.1 Å². The first-order chi connectivity index (χ1) is 13.2. The number of amides is 1. The number of rotatable bonds is 4. The molecule has 0 saturated heterocycles. The fourth-order valence-electron chi connectivity index (χ4n) is 2.50. The number of aromatic nitrogens is 2. The number of nitrogens with zero attached hydrogens (tertiary/aromatic N) is 3. The number of para-hydroxylation sites is 1. The van der Waals surface area contributed by atoms with Crippen molar-refractivity contribution in [1.29, 1.82) is 5.26 Å². The molecule has 132 valence electrons. The molecule has 1 aliphatic heterocycles. The lowest BCUT2D eigenvalue weighted by Gasteiger charge is -2.08. The smallest absolute Gasteiger partial charge is 0.258 e. The number of nitriles is 1. The van der Waals surface area contributed by atoms with Gasteiger partial charge in [0.15, 0.2) is 11.5 Å². The second kappa shape index (κ2) is 7.01. The quantitative estimate of drug-likeness (QED) is 0.737. The zero-order chi connectivity index (χ0) is 18.6. The number of nitrogens with one attached hydrogen (secondary N) is 2. The zero-order valence-electron chi connectivity index (χ0n) is 14.0.